The van der Waals surface area contributed by atoms with Gasteiger partial charge in [-0.25, -0.2) is 13.6 Å². The number of fused-ring (bicyclic) bond motifs is 1. The van der Waals surface area contributed by atoms with E-state index in [1.165, 1.54) is 18.0 Å². The zero-order valence-electron chi connectivity index (χ0n) is 19.6. The third kappa shape index (κ3) is 5.28. The summed E-state index contributed by atoms with van der Waals surface area (Å²) in [5, 5.41) is 3.90. The molecule has 1 heterocycles. The summed E-state index contributed by atoms with van der Waals surface area (Å²) in [7, 11) is 1.52. The van der Waals surface area contributed by atoms with Crippen molar-refractivity contribution in [3.05, 3.63) is 64.9 Å². The molecule has 1 aliphatic carbocycles. The van der Waals surface area contributed by atoms with Crippen LogP contribution in [-0.4, -0.2) is 30.4 Å². The molecule has 0 aliphatic heterocycles. The van der Waals surface area contributed by atoms with Crippen molar-refractivity contribution in [2.75, 3.05) is 18.9 Å². The van der Waals surface area contributed by atoms with Crippen molar-refractivity contribution in [3.8, 4) is 0 Å². The van der Waals surface area contributed by atoms with Gasteiger partial charge in [0.05, 0.1) is 12.5 Å². The fourth-order valence-electron chi connectivity index (χ4n) is 4.75. The molecule has 0 radical (unpaired) electrons. The van der Waals surface area contributed by atoms with Gasteiger partial charge in [-0.3, -0.25) is 9.74 Å². The molecular weight excluding hydrogens is 461 g/mol. The third-order valence-electron chi connectivity index (χ3n) is 6.69. The van der Waals surface area contributed by atoms with Crippen LogP contribution in [-0.2, 0) is 9.74 Å². The minimum atomic E-state index is -1.04. The average molecular weight is 489 g/mol. The summed E-state index contributed by atoms with van der Waals surface area (Å²) in [5.41, 5.74) is 1.89. The molecule has 35 heavy (non-hydrogen) atoms. The fraction of sp³-hybridized carbons (Fsp3) is 0.385. The minimum Gasteiger partial charge on any atom is -0.455 e. The van der Waals surface area contributed by atoms with Crippen LogP contribution in [0.4, 0.5) is 19.0 Å². The molecule has 1 aromatic heterocycles. The van der Waals surface area contributed by atoms with Crippen molar-refractivity contribution in [1.29, 1.82) is 0 Å². The Labute approximate surface area is 200 Å². The van der Waals surface area contributed by atoms with Gasteiger partial charge in [0, 0.05) is 46.4 Å². The number of nitrogens with zero attached hydrogens (tertiary/aromatic N) is 1. The molecule has 0 saturated heterocycles. The number of hydrogen-bond donors (Lipinski definition) is 1. The number of halogens is 3. The highest BCUT2D eigenvalue weighted by Gasteiger charge is 2.31. The molecule has 0 spiro atoms. The van der Waals surface area contributed by atoms with Crippen molar-refractivity contribution in [2.24, 2.45) is 5.92 Å². The van der Waals surface area contributed by atoms with Gasteiger partial charge in [-0.05, 0) is 56.0 Å². The first-order valence-corrected chi connectivity index (χ1v) is 11.6. The number of carbonyl (C=O) groups is 2. The lowest BCUT2D eigenvalue weighted by Gasteiger charge is -2.25. The molecule has 1 amide bonds. The van der Waals surface area contributed by atoms with Crippen LogP contribution in [0.1, 0.15) is 59.8 Å². The van der Waals surface area contributed by atoms with Crippen LogP contribution >= 0.6 is 0 Å². The molecule has 4 rings (SSSR count). The lowest BCUT2D eigenvalue weighted by molar-refractivity contribution is -0.183. The highest BCUT2D eigenvalue weighted by atomic mass is 19.3. The molecule has 186 valence electrons. The van der Waals surface area contributed by atoms with Crippen molar-refractivity contribution in [2.45, 2.75) is 45.1 Å². The zero-order chi connectivity index (χ0) is 25.1. The van der Waals surface area contributed by atoms with Crippen LogP contribution in [0.5, 0.6) is 0 Å². The Morgan fingerprint density at radius 3 is 2.51 bits per heavy atom. The van der Waals surface area contributed by atoms with Crippen LogP contribution in [0.25, 0.3) is 11.0 Å². The van der Waals surface area contributed by atoms with E-state index in [9.17, 15) is 22.9 Å². The van der Waals surface area contributed by atoms with Gasteiger partial charge in [0.2, 0.25) is 0 Å². The van der Waals surface area contributed by atoms with E-state index in [-0.39, 0.29) is 36.4 Å². The lowest BCUT2D eigenvalue weighted by atomic mass is 9.93. The van der Waals surface area contributed by atoms with Crippen molar-refractivity contribution in [1.82, 2.24) is 4.90 Å². The second-order valence-electron chi connectivity index (χ2n) is 9.03. The Bertz CT molecular complexity index is 1220. The second kappa shape index (κ2) is 10.4. The summed E-state index contributed by atoms with van der Waals surface area (Å²) in [6, 6.07) is 8.69. The monoisotopic (exact) mass is 488 g/mol. The number of rotatable bonds is 8. The van der Waals surface area contributed by atoms with Crippen LogP contribution in [0, 0.1) is 24.5 Å². The first-order valence-electron chi connectivity index (χ1n) is 11.6. The number of hydrogen-bond acceptors (Lipinski definition) is 5. The van der Waals surface area contributed by atoms with Crippen LogP contribution < -0.4 is 5.32 Å². The van der Waals surface area contributed by atoms with Crippen molar-refractivity contribution < 1.29 is 32.3 Å². The summed E-state index contributed by atoms with van der Waals surface area (Å²) in [5.74, 6) is -1.90. The third-order valence-corrected chi connectivity index (χ3v) is 6.69. The van der Waals surface area contributed by atoms with E-state index in [2.05, 4.69) is 10.3 Å². The number of benzene rings is 2. The van der Waals surface area contributed by atoms with Crippen LogP contribution in [0.2, 0.25) is 0 Å². The molecule has 1 fully saturated rings. The highest BCUT2D eigenvalue weighted by Crippen LogP contribution is 2.42. The van der Waals surface area contributed by atoms with Gasteiger partial charge in [0.1, 0.15) is 11.6 Å². The van der Waals surface area contributed by atoms with Crippen LogP contribution in [0.15, 0.2) is 40.8 Å². The summed E-state index contributed by atoms with van der Waals surface area (Å²) in [6.07, 6.45) is 3.88. The van der Waals surface area contributed by atoms with Gasteiger partial charge in [0.15, 0.2) is 11.4 Å². The molecule has 6 nitrogen and oxygen atoms in total. The summed E-state index contributed by atoms with van der Waals surface area (Å²) in [4.78, 5) is 28.0. The van der Waals surface area contributed by atoms with E-state index in [0.29, 0.717) is 22.3 Å². The Morgan fingerprint density at radius 1 is 1.17 bits per heavy atom. The van der Waals surface area contributed by atoms with Gasteiger partial charge in [0.25, 0.3) is 5.91 Å². The van der Waals surface area contributed by atoms with Gasteiger partial charge < -0.3 is 14.6 Å². The summed E-state index contributed by atoms with van der Waals surface area (Å²) < 4.78 is 46.0. The SMILES string of the molecule is Cc1c(C(Nc2ccc(C(=O)N(C)CCC(=O)OF)cc2)C2CCCC2)oc2c(F)cc(F)cc12. The first kappa shape index (κ1) is 24.6. The Kier molecular flexibility index (Phi) is 7.33. The smallest absolute Gasteiger partial charge is 0.350 e. The highest BCUT2D eigenvalue weighted by molar-refractivity contribution is 5.94. The lowest BCUT2D eigenvalue weighted by Crippen LogP contribution is -2.29. The number of anilines is 1. The topological polar surface area (TPSA) is 71.8 Å². The Hall–Kier alpha value is -3.49. The van der Waals surface area contributed by atoms with Crippen molar-refractivity contribution >= 4 is 28.5 Å². The second-order valence-corrected chi connectivity index (χ2v) is 9.03. The Balaban J connectivity index is 1.56. The number of furan rings is 1. The molecule has 2 aromatic carbocycles. The number of carbonyl (C=O) groups excluding carboxylic acids is 2. The molecular formula is C26H27F3N2O4. The maximum absolute atomic E-state index is 14.4. The van der Waals surface area contributed by atoms with E-state index in [1.807, 2.05) is 0 Å². The predicted molar refractivity (Wildman–Crippen MR) is 124 cm³/mol. The first-order chi connectivity index (χ1) is 16.8. The maximum Gasteiger partial charge on any atom is 0.350 e. The van der Waals surface area contributed by atoms with Gasteiger partial charge in [-0.1, -0.05) is 12.8 Å². The maximum atomic E-state index is 14.4. The van der Waals surface area contributed by atoms with Gasteiger partial charge in [-0.2, -0.15) is 0 Å². The molecule has 3 aromatic rings. The fourth-order valence-corrected chi connectivity index (χ4v) is 4.75. The number of nitrogens with one attached hydrogen (secondary N) is 1. The van der Waals surface area contributed by atoms with E-state index in [4.69, 9.17) is 4.42 Å². The summed E-state index contributed by atoms with van der Waals surface area (Å²) >= 11 is 0. The minimum absolute atomic E-state index is 0.0217. The largest absolute Gasteiger partial charge is 0.455 e. The molecule has 1 atom stereocenters. The molecule has 0 bridgehead atoms. The molecule has 1 unspecified atom stereocenters. The normalized spacial score (nSPS) is 14.8. The molecule has 1 N–H and O–H groups in total. The zero-order valence-corrected chi connectivity index (χ0v) is 19.6. The molecule has 1 saturated carbocycles. The number of amides is 1. The van der Waals surface area contributed by atoms with E-state index in [0.717, 1.165) is 37.4 Å². The number of aryl methyl sites for hydroxylation is 1. The van der Waals surface area contributed by atoms with E-state index in [1.54, 1.807) is 31.2 Å². The average Bonchev–Trinajstić information content (AvgIpc) is 3.50. The molecule has 9 heteroatoms. The van der Waals surface area contributed by atoms with Gasteiger partial charge >= 0.3 is 5.97 Å². The van der Waals surface area contributed by atoms with Crippen molar-refractivity contribution in [3.63, 3.8) is 0 Å². The van der Waals surface area contributed by atoms with Gasteiger partial charge in [-0.15, -0.1) is 0 Å². The quantitative estimate of drug-likeness (QED) is 0.406. The predicted octanol–water partition coefficient (Wildman–Crippen LogP) is 6.25. The standard InChI is InChI=1S/C26H27F3N2O4/c1-15-20-13-18(27)14-21(28)25(20)34-24(15)23(16-5-3-4-6-16)30-19-9-7-17(8-10-19)26(33)31(2)12-11-22(32)35-29/h7-10,13-14,16,23,30H,3-6,11-12H2,1-2H3. The Morgan fingerprint density at radius 2 is 1.86 bits per heavy atom. The summed E-state index contributed by atoms with van der Waals surface area (Å²) in [6.45, 7) is 1.83. The van der Waals surface area contributed by atoms with E-state index < -0.39 is 17.6 Å². The van der Waals surface area contributed by atoms with E-state index >= 15 is 0 Å². The molecule has 1 aliphatic rings. The van der Waals surface area contributed by atoms with Crippen LogP contribution in [0.3, 0.4) is 0 Å².